The SMILES string of the molecule is C[C@H](N)c1ccnc(Oc2cc(Cl)c(Br)cc2Cl)c1. The predicted octanol–water partition coefficient (Wildman–Crippen LogP) is 4.96. The van der Waals surface area contributed by atoms with Gasteiger partial charge in [0.25, 0.3) is 0 Å². The predicted molar refractivity (Wildman–Crippen MR) is 81.1 cm³/mol. The molecule has 0 saturated heterocycles. The van der Waals surface area contributed by atoms with Gasteiger partial charge in [-0.1, -0.05) is 23.2 Å². The Balaban J connectivity index is 2.31. The van der Waals surface area contributed by atoms with Gasteiger partial charge in [0.2, 0.25) is 5.88 Å². The number of nitrogens with two attached hydrogens (primary N) is 1. The van der Waals surface area contributed by atoms with Gasteiger partial charge in [0.1, 0.15) is 5.75 Å². The van der Waals surface area contributed by atoms with Gasteiger partial charge in [-0.25, -0.2) is 4.98 Å². The topological polar surface area (TPSA) is 48.1 Å². The minimum absolute atomic E-state index is 0.0886. The van der Waals surface area contributed by atoms with Crippen molar-refractivity contribution in [1.29, 1.82) is 0 Å². The minimum atomic E-state index is -0.0886. The van der Waals surface area contributed by atoms with E-state index >= 15 is 0 Å². The Bertz CT molecular complexity index is 605. The maximum atomic E-state index is 6.09. The molecule has 100 valence electrons. The summed E-state index contributed by atoms with van der Waals surface area (Å²) in [5.41, 5.74) is 6.75. The summed E-state index contributed by atoms with van der Waals surface area (Å²) in [6.45, 7) is 1.89. The van der Waals surface area contributed by atoms with Crippen molar-refractivity contribution < 1.29 is 4.74 Å². The summed E-state index contributed by atoms with van der Waals surface area (Å²) in [6, 6.07) is 6.84. The molecule has 0 saturated carbocycles. The fourth-order valence-corrected chi connectivity index (χ4v) is 2.29. The maximum absolute atomic E-state index is 6.09. The molecule has 6 heteroatoms. The Morgan fingerprint density at radius 2 is 2.00 bits per heavy atom. The smallest absolute Gasteiger partial charge is 0.219 e. The van der Waals surface area contributed by atoms with Crippen molar-refractivity contribution in [3.05, 3.63) is 50.5 Å². The van der Waals surface area contributed by atoms with Gasteiger partial charge in [-0.05, 0) is 40.5 Å². The third-order valence-corrected chi connectivity index (χ3v) is 3.97. The van der Waals surface area contributed by atoms with E-state index in [2.05, 4.69) is 20.9 Å². The van der Waals surface area contributed by atoms with E-state index in [1.54, 1.807) is 24.4 Å². The Morgan fingerprint density at radius 1 is 1.26 bits per heavy atom. The summed E-state index contributed by atoms with van der Waals surface area (Å²) in [6.07, 6.45) is 1.64. The van der Waals surface area contributed by atoms with E-state index < -0.39 is 0 Å². The van der Waals surface area contributed by atoms with Crippen molar-refractivity contribution in [2.45, 2.75) is 13.0 Å². The van der Waals surface area contributed by atoms with E-state index in [0.29, 0.717) is 26.1 Å². The number of hydrogen-bond donors (Lipinski definition) is 1. The summed E-state index contributed by atoms with van der Waals surface area (Å²) >= 11 is 15.4. The fraction of sp³-hybridized carbons (Fsp3) is 0.154. The molecule has 1 heterocycles. The van der Waals surface area contributed by atoms with E-state index in [9.17, 15) is 0 Å². The molecule has 2 N–H and O–H groups in total. The molecule has 0 fully saturated rings. The van der Waals surface area contributed by atoms with Crippen LogP contribution in [-0.4, -0.2) is 4.98 Å². The van der Waals surface area contributed by atoms with Crippen molar-refractivity contribution in [3.8, 4) is 11.6 Å². The molecule has 19 heavy (non-hydrogen) atoms. The molecule has 0 bridgehead atoms. The molecular weight excluding hydrogens is 351 g/mol. The number of aromatic nitrogens is 1. The van der Waals surface area contributed by atoms with Crippen LogP contribution in [0.3, 0.4) is 0 Å². The zero-order valence-electron chi connectivity index (χ0n) is 10.0. The highest BCUT2D eigenvalue weighted by Crippen LogP contribution is 2.36. The molecule has 2 rings (SSSR count). The molecule has 0 aliphatic rings. The van der Waals surface area contributed by atoms with Gasteiger partial charge in [0.15, 0.2) is 0 Å². The van der Waals surface area contributed by atoms with Gasteiger partial charge in [-0.2, -0.15) is 0 Å². The lowest BCUT2D eigenvalue weighted by molar-refractivity contribution is 0.461. The normalized spacial score (nSPS) is 12.3. The van der Waals surface area contributed by atoms with Crippen LogP contribution in [0, 0.1) is 0 Å². The largest absolute Gasteiger partial charge is 0.437 e. The molecule has 0 unspecified atom stereocenters. The number of halogens is 3. The van der Waals surface area contributed by atoms with Gasteiger partial charge in [-0.3, -0.25) is 0 Å². The number of rotatable bonds is 3. The van der Waals surface area contributed by atoms with Crippen LogP contribution in [0.5, 0.6) is 11.6 Å². The second-order valence-corrected chi connectivity index (χ2v) is 5.68. The van der Waals surface area contributed by atoms with Crippen LogP contribution in [0.15, 0.2) is 34.9 Å². The molecule has 1 atom stereocenters. The Morgan fingerprint density at radius 3 is 2.68 bits per heavy atom. The average molecular weight is 362 g/mol. The van der Waals surface area contributed by atoms with E-state index in [4.69, 9.17) is 33.7 Å². The van der Waals surface area contributed by atoms with Crippen LogP contribution in [0.25, 0.3) is 0 Å². The van der Waals surface area contributed by atoms with Crippen LogP contribution in [-0.2, 0) is 0 Å². The highest BCUT2D eigenvalue weighted by atomic mass is 79.9. The third-order valence-electron chi connectivity index (χ3n) is 2.47. The quantitative estimate of drug-likeness (QED) is 0.785. The van der Waals surface area contributed by atoms with E-state index in [1.807, 2.05) is 13.0 Å². The monoisotopic (exact) mass is 360 g/mol. The van der Waals surface area contributed by atoms with Gasteiger partial charge in [0.05, 0.1) is 10.0 Å². The van der Waals surface area contributed by atoms with Crippen molar-refractivity contribution in [2.24, 2.45) is 5.73 Å². The first kappa shape index (κ1) is 14.6. The minimum Gasteiger partial charge on any atom is -0.437 e. The molecular formula is C13H11BrCl2N2O. The van der Waals surface area contributed by atoms with Gasteiger partial charge in [0, 0.05) is 28.8 Å². The van der Waals surface area contributed by atoms with Crippen LogP contribution >= 0.6 is 39.1 Å². The van der Waals surface area contributed by atoms with Crippen molar-refractivity contribution >= 4 is 39.1 Å². The second kappa shape index (κ2) is 6.09. The molecule has 0 aliphatic carbocycles. The highest BCUT2D eigenvalue weighted by Gasteiger charge is 2.09. The number of hydrogen-bond acceptors (Lipinski definition) is 3. The van der Waals surface area contributed by atoms with Crippen LogP contribution in [0.2, 0.25) is 10.0 Å². The molecule has 0 spiro atoms. The van der Waals surface area contributed by atoms with Crippen LogP contribution < -0.4 is 10.5 Å². The first-order valence-electron chi connectivity index (χ1n) is 5.51. The van der Waals surface area contributed by atoms with E-state index in [-0.39, 0.29) is 6.04 Å². The van der Waals surface area contributed by atoms with Crippen LogP contribution in [0.1, 0.15) is 18.5 Å². The van der Waals surface area contributed by atoms with Crippen LogP contribution in [0.4, 0.5) is 0 Å². The lowest BCUT2D eigenvalue weighted by Crippen LogP contribution is -2.05. The van der Waals surface area contributed by atoms with E-state index in [0.717, 1.165) is 5.56 Å². The summed E-state index contributed by atoms with van der Waals surface area (Å²) in [5, 5.41) is 0.965. The molecule has 0 amide bonds. The molecule has 0 aliphatic heterocycles. The number of nitrogens with zero attached hydrogens (tertiary/aromatic N) is 1. The summed E-state index contributed by atoms with van der Waals surface area (Å²) in [4.78, 5) is 4.12. The van der Waals surface area contributed by atoms with Crippen molar-refractivity contribution in [1.82, 2.24) is 4.98 Å². The van der Waals surface area contributed by atoms with Gasteiger partial charge < -0.3 is 10.5 Å². The molecule has 2 aromatic rings. The standard InChI is InChI=1S/C13H11BrCl2N2O/c1-7(17)8-2-3-18-13(4-8)19-12-6-10(15)9(14)5-11(12)16/h2-7H,17H2,1H3/t7-/m0/s1. The highest BCUT2D eigenvalue weighted by molar-refractivity contribution is 9.10. The summed E-state index contributed by atoms with van der Waals surface area (Å²) in [5.74, 6) is 0.874. The lowest BCUT2D eigenvalue weighted by atomic mass is 10.1. The fourth-order valence-electron chi connectivity index (χ4n) is 1.46. The third kappa shape index (κ3) is 3.60. The average Bonchev–Trinajstić information content (AvgIpc) is 2.36. The first-order chi connectivity index (χ1) is 8.97. The van der Waals surface area contributed by atoms with E-state index in [1.165, 1.54) is 0 Å². The van der Waals surface area contributed by atoms with Gasteiger partial charge in [-0.15, -0.1) is 0 Å². The zero-order valence-corrected chi connectivity index (χ0v) is 13.1. The summed E-state index contributed by atoms with van der Waals surface area (Å²) in [7, 11) is 0. The van der Waals surface area contributed by atoms with Crippen molar-refractivity contribution in [2.75, 3.05) is 0 Å². The molecule has 1 aromatic carbocycles. The maximum Gasteiger partial charge on any atom is 0.219 e. The molecule has 0 radical (unpaired) electrons. The Kier molecular flexibility index (Phi) is 4.68. The number of ether oxygens (including phenoxy) is 1. The lowest BCUT2D eigenvalue weighted by Gasteiger charge is -2.10. The molecule has 3 nitrogen and oxygen atoms in total. The van der Waals surface area contributed by atoms with Crippen molar-refractivity contribution in [3.63, 3.8) is 0 Å². The number of benzene rings is 1. The van der Waals surface area contributed by atoms with Gasteiger partial charge >= 0.3 is 0 Å². The number of pyridine rings is 1. The second-order valence-electron chi connectivity index (χ2n) is 4.01. The zero-order chi connectivity index (χ0) is 14.0. The summed E-state index contributed by atoms with van der Waals surface area (Å²) < 4.78 is 6.34. The Labute approximate surface area is 129 Å². The Hall–Kier alpha value is -0.810. The first-order valence-corrected chi connectivity index (χ1v) is 7.06. The molecule has 1 aromatic heterocycles.